The second-order valence-corrected chi connectivity index (χ2v) is 6.22. The van der Waals surface area contributed by atoms with Crippen molar-refractivity contribution in [3.8, 4) is 17.2 Å². The van der Waals surface area contributed by atoms with Gasteiger partial charge in [-0.15, -0.1) is 0 Å². The summed E-state index contributed by atoms with van der Waals surface area (Å²) in [4.78, 5) is 14.2. The van der Waals surface area contributed by atoms with Crippen molar-refractivity contribution < 1.29 is 27.8 Å². The van der Waals surface area contributed by atoms with Crippen LogP contribution in [0.1, 0.15) is 29.8 Å². The number of halogens is 2. The van der Waals surface area contributed by atoms with E-state index in [2.05, 4.69) is 4.74 Å². The maximum atomic E-state index is 12.7. The molecule has 0 unspecified atom stereocenters. The third-order valence-electron chi connectivity index (χ3n) is 3.69. The van der Waals surface area contributed by atoms with Gasteiger partial charge < -0.3 is 19.1 Å². The van der Waals surface area contributed by atoms with Crippen LogP contribution in [0, 0.1) is 0 Å². The van der Waals surface area contributed by atoms with E-state index in [0.717, 1.165) is 5.56 Å². The number of amides is 1. The average molecular weight is 379 g/mol. The zero-order chi connectivity index (χ0) is 20.0. The first kappa shape index (κ1) is 20.5. The summed E-state index contributed by atoms with van der Waals surface area (Å²) in [5, 5.41) is 0. The molecule has 27 heavy (non-hydrogen) atoms. The summed E-state index contributed by atoms with van der Waals surface area (Å²) in [5.74, 6) is 0.934. The average Bonchev–Trinajstić information content (AvgIpc) is 2.62. The zero-order valence-corrected chi connectivity index (χ0v) is 15.7. The quantitative estimate of drug-likeness (QED) is 0.684. The van der Waals surface area contributed by atoms with Gasteiger partial charge in [0.25, 0.3) is 5.91 Å². The van der Waals surface area contributed by atoms with Crippen LogP contribution < -0.4 is 14.2 Å². The normalized spacial score (nSPS) is 10.8. The fourth-order valence-electron chi connectivity index (χ4n) is 2.49. The second-order valence-electron chi connectivity index (χ2n) is 6.22. The first-order valence-corrected chi connectivity index (χ1v) is 8.44. The highest BCUT2D eigenvalue weighted by molar-refractivity contribution is 5.94. The Balaban J connectivity index is 2.08. The van der Waals surface area contributed by atoms with Crippen LogP contribution >= 0.6 is 0 Å². The second kappa shape index (κ2) is 9.21. The highest BCUT2D eigenvalue weighted by Crippen LogP contribution is 2.29. The van der Waals surface area contributed by atoms with Crippen LogP contribution in [-0.4, -0.2) is 37.7 Å². The number of rotatable bonds is 8. The maximum Gasteiger partial charge on any atom is 0.387 e. The number of ether oxygens (including phenoxy) is 3. The van der Waals surface area contributed by atoms with Crippen molar-refractivity contribution in [3.05, 3.63) is 53.6 Å². The van der Waals surface area contributed by atoms with E-state index in [1.807, 2.05) is 13.8 Å². The molecule has 2 aromatic carbocycles. The van der Waals surface area contributed by atoms with Crippen LogP contribution in [0.5, 0.6) is 17.2 Å². The molecule has 0 fully saturated rings. The number of carbonyl (C=O) groups excluding carboxylic acids is 1. The molecule has 146 valence electrons. The third-order valence-corrected chi connectivity index (χ3v) is 3.69. The lowest BCUT2D eigenvalue weighted by atomic mass is 10.1. The van der Waals surface area contributed by atoms with Crippen molar-refractivity contribution in [2.24, 2.45) is 0 Å². The standard InChI is InChI=1S/C20H23F2NO4/c1-13(2)26-17-10-7-15(11-18(17)25-4)19(24)23(3)12-14-5-8-16(9-6-14)27-20(21)22/h5-11,13,20H,12H2,1-4H3. The van der Waals surface area contributed by atoms with E-state index in [-0.39, 0.29) is 17.8 Å². The van der Waals surface area contributed by atoms with Gasteiger partial charge in [0.05, 0.1) is 13.2 Å². The van der Waals surface area contributed by atoms with Crippen molar-refractivity contribution in [1.82, 2.24) is 4.90 Å². The van der Waals surface area contributed by atoms with Gasteiger partial charge in [-0.25, -0.2) is 0 Å². The predicted molar refractivity (Wildman–Crippen MR) is 97.6 cm³/mol. The van der Waals surface area contributed by atoms with E-state index < -0.39 is 6.61 Å². The van der Waals surface area contributed by atoms with Gasteiger partial charge in [0.1, 0.15) is 5.75 Å². The molecule has 5 nitrogen and oxygen atoms in total. The number of hydrogen-bond acceptors (Lipinski definition) is 4. The van der Waals surface area contributed by atoms with Crippen molar-refractivity contribution >= 4 is 5.91 Å². The van der Waals surface area contributed by atoms with Crippen molar-refractivity contribution in [1.29, 1.82) is 0 Å². The first-order valence-electron chi connectivity index (χ1n) is 8.44. The summed E-state index contributed by atoms with van der Waals surface area (Å²) in [5.41, 5.74) is 1.25. The Labute approximate surface area is 157 Å². The highest BCUT2D eigenvalue weighted by atomic mass is 19.3. The molecule has 0 aliphatic heterocycles. The molecule has 0 heterocycles. The van der Waals surface area contributed by atoms with E-state index in [1.165, 1.54) is 24.1 Å². The van der Waals surface area contributed by atoms with Gasteiger partial charge in [0.15, 0.2) is 11.5 Å². The molecule has 1 amide bonds. The fraction of sp³-hybridized carbons (Fsp3) is 0.350. The number of methoxy groups -OCH3 is 1. The number of alkyl halides is 2. The van der Waals surface area contributed by atoms with Gasteiger partial charge in [0.2, 0.25) is 0 Å². The molecule has 0 spiro atoms. The molecule has 0 aliphatic rings. The molecule has 0 saturated carbocycles. The summed E-state index contributed by atoms with van der Waals surface area (Å²) in [7, 11) is 3.18. The minimum Gasteiger partial charge on any atom is -0.493 e. The number of nitrogens with zero attached hydrogens (tertiary/aromatic N) is 1. The monoisotopic (exact) mass is 379 g/mol. The summed E-state index contributed by atoms with van der Waals surface area (Å²) in [6, 6.07) is 11.2. The number of carbonyl (C=O) groups is 1. The smallest absolute Gasteiger partial charge is 0.387 e. The Kier molecular flexibility index (Phi) is 6.98. The van der Waals surface area contributed by atoms with Crippen LogP contribution in [0.25, 0.3) is 0 Å². The van der Waals surface area contributed by atoms with Crippen LogP contribution in [0.2, 0.25) is 0 Å². The Morgan fingerprint density at radius 3 is 2.26 bits per heavy atom. The largest absolute Gasteiger partial charge is 0.493 e. The Bertz CT molecular complexity index is 763. The van der Waals surface area contributed by atoms with E-state index in [1.54, 1.807) is 37.4 Å². The molecular formula is C20H23F2NO4. The minimum atomic E-state index is -2.86. The fourth-order valence-corrected chi connectivity index (χ4v) is 2.49. The van der Waals surface area contributed by atoms with Crippen molar-refractivity contribution in [2.75, 3.05) is 14.2 Å². The van der Waals surface area contributed by atoms with Gasteiger partial charge >= 0.3 is 6.61 Å². The molecule has 0 saturated heterocycles. The molecule has 0 radical (unpaired) electrons. The van der Waals surface area contributed by atoms with Gasteiger partial charge in [-0.3, -0.25) is 4.79 Å². The van der Waals surface area contributed by atoms with Gasteiger partial charge in [0, 0.05) is 19.2 Å². The first-order chi connectivity index (χ1) is 12.8. The van der Waals surface area contributed by atoms with E-state index >= 15 is 0 Å². The number of hydrogen-bond donors (Lipinski definition) is 0. The molecule has 2 aromatic rings. The Morgan fingerprint density at radius 2 is 1.70 bits per heavy atom. The van der Waals surface area contributed by atoms with Crippen molar-refractivity contribution in [3.63, 3.8) is 0 Å². The number of benzene rings is 2. The van der Waals surface area contributed by atoms with E-state index in [0.29, 0.717) is 23.6 Å². The molecule has 0 aromatic heterocycles. The summed E-state index contributed by atoms with van der Waals surface area (Å²) >= 11 is 0. The third kappa shape index (κ3) is 5.84. The van der Waals surface area contributed by atoms with Gasteiger partial charge in [-0.2, -0.15) is 8.78 Å². The molecule has 0 bridgehead atoms. The van der Waals surface area contributed by atoms with Crippen LogP contribution in [0.4, 0.5) is 8.78 Å². The maximum absolute atomic E-state index is 12.7. The SMILES string of the molecule is COc1cc(C(=O)N(C)Cc2ccc(OC(F)F)cc2)ccc1OC(C)C. The highest BCUT2D eigenvalue weighted by Gasteiger charge is 2.16. The zero-order valence-electron chi connectivity index (χ0n) is 15.7. The molecule has 0 N–H and O–H groups in total. The van der Waals surface area contributed by atoms with E-state index in [4.69, 9.17) is 9.47 Å². The lowest BCUT2D eigenvalue weighted by Crippen LogP contribution is -2.26. The topological polar surface area (TPSA) is 48.0 Å². The molecule has 0 aliphatic carbocycles. The predicted octanol–water partition coefficient (Wildman–Crippen LogP) is 4.36. The minimum absolute atomic E-state index is 0.0138. The molecule has 7 heteroatoms. The van der Waals surface area contributed by atoms with Crippen LogP contribution in [0.15, 0.2) is 42.5 Å². The van der Waals surface area contributed by atoms with Crippen LogP contribution in [0.3, 0.4) is 0 Å². The lowest BCUT2D eigenvalue weighted by molar-refractivity contribution is -0.0498. The Morgan fingerprint density at radius 1 is 1.04 bits per heavy atom. The summed E-state index contributed by atoms with van der Waals surface area (Å²) < 4.78 is 39.7. The molecule has 0 atom stereocenters. The molecular weight excluding hydrogens is 356 g/mol. The van der Waals surface area contributed by atoms with Gasteiger partial charge in [-0.05, 0) is 49.7 Å². The van der Waals surface area contributed by atoms with Crippen LogP contribution in [-0.2, 0) is 6.54 Å². The van der Waals surface area contributed by atoms with Gasteiger partial charge in [-0.1, -0.05) is 12.1 Å². The summed E-state index contributed by atoms with van der Waals surface area (Å²) in [6.07, 6.45) is -0.0138. The summed E-state index contributed by atoms with van der Waals surface area (Å²) in [6.45, 7) is 1.27. The lowest BCUT2D eigenvalue weighted by Gasteiger charge is -2.19. The Hall–Kier alpha value is -2.83. The van der Waals surface area contributed by atoms with E-state index in [9.17, 15) is 13.6 Å². The van der Waals surface area contributed by atoms with Crippen molar-refractivity contribution in [2.45, 2.75) is 33.1 Å². The molecule has 2 rings (SSSR count).